The number of carbonyl (C=O) groups excluding carboxylic acids is 1. The van der Waals surface area contributed by atoms with Crippen molar-refractivity contribution in [1.82, 2.24) is 0 Å². The second-order valence-corrected chi connectivity index (χ2v) is 3.88. The summed E-state index contributed by atoms with van der Waals surface area (Å²) in [6.07, 6.45) is 4.44. The van der Waals surface area contributed by atoms with Gasteiger partial charge in [0.05, 0.1) is 18.8 Å². The maximum absolute atomic E-state index is 11.2. The third-order valence-corrected chi connectivity index (χ3v) is 2.61. The summed E-state index contributed by atoms with van der Waals surface area (Å²) in [7, 11) is 0. The minimum atomic E-state index is -0.273. The van der Waals surface area contributed by atoms with Gasteiger partial charge in [-0.2, -0.15) is 0 Å². The van der Waals surface area contributed by atoms with Crippen molar-refractivity contribution in [3.05, 3.63) is 12.2 Å². The van der Waals surface area contributed by atoms with Gasteiger partial charge in [0.15, 0.2) is 0 Å². The lowest BCUT2D eigenvalue weighted by molar-refractivity contribution is -0.139. The largest absolute Gasteiger partial charge is 0.462 e. The third-order valence-electron chi connectivity index (χ3n) is 2.61. The van der Waals surface area contributed by atoms with E-state index in [1.165, 1.54) is 0 Å². The number of carbonyl (C=O) groups is 1. The number of ether oxygens (including phenoxy) is 2. The summed E-state index contributed by atoms with van der Waals surface area (Å²) in [6.45, 7) is 8.11. The van der Waals surface area contributed by atoms with Gasteiger partial charge < -0.3 is 9.47 Å². The number of hydrogen-bond donors (Lipinski definition) is 0. The van der Waals surface area contributed by atoms with Crippen molar-refractivity contribution < 1.29 is 14.3 Å². The van der Waals surface area contributed by atoms with Crippen molar-refractivity contribution >= 4 is 5.97 Å². The van der Waals surface area contributed by atoms with Crippen LogP contribution in [-0.4, -0.2) is 24.8 Å². The molecule has 3 heteroatoms. The van der Waals surface area contributed by atoms with Crippen molar-refractivity contribution in [1.29, 1.82) is 0 Å². The normalized spacial score (nSPS) is 23.6. The molecule has 2 atom stereocenters. The van der Waals surface area contributed by atoms with Gasteiger partial charge in [-0.25, -0.2) is 4.79 Å². The molecule has 1 rings (SSSR count). The molecule has 0 bridgehead atoms. The zero-order valence-corrected chi connectivity index (χ0v) is 9.62. The van der Waals surface area contributed by atoms with Gasteiger partial charge in [-0.05, 0) is 12.8 Å². The molecule has 0 aromatic heterocycles. The van der Waals surface area contributed by atoms with Crippen LogP contribution in [0.25, 0.3) is 0 Å². The van der Waals surface area contributed by atoms with E-state index in [1.54, 1.807) is 0 Å². The Bertz CT molecular complexity index is 235. The standard InChI is InChI=1S/C12H20O3/c1-4-6-10-11(15-10)7-8-14-12(13)9(3)5-2/h10-11H,3-8H2,1-2H3. The van der Waals surface area contributed by atoms with Gasteiger partial charge in [0.1, 0.15) is 0 Å². The number of epoxide rings is 1. The van der Waals surface area contributed by atoms with Crippen LogP contribution in [0.5, 0.6) is 0 Å². The monoisotopic (exact) mass is 212 g/mol. The van der Waals surface area contributed by atoms with Crippen LogP contribution < -0.4 is 0 Å². The first-order chi connectivity index (χ1) is 7.19. The maximum atomic E-state index is 11.2. The molecule has 0 saturated carbocycles. The fourth-order valence-electron chi connectivity index (χ4n) is 1.49. The van der Waals surface area contributed by atoms with E-state index < -0.39 is 0 Å². The van der Waals surface area contributed by atoms with Gasteiger partial charge in [-0.15, -0.1) is 0 Å². The average Bonchev–Trinajstić information content (AvgIpc) is 2.96. The summed E-state index contributed by atoms with van der Waals surface area (Å²) in [4.78, 5) is 11.2. The first-order valence-corrected chi connectivity index (χ1v) is 5.69. The van der Waals surface area contributed by atoms with Crippen molar-refractivity contribution in [2.24, 2.45) is 0 Å². The SMILES string of the molecule is C=C(CC)C(=O)OCCC1OC1CCC. The van der Waals surface area contributed by atoms with Crippen molar-refractivity contribution in [3.63, 3.8) is 0 Å². The summed E-state index contributed by atoms with van der Waals surface area (Å²) in [5.41, 5.74) is 0.539. The van der Waals surface area contributed by atoms with Gasteiger partial charge in [0.2, 0.25) is 0 Å². The fourth-order valence-corrected chi connectivity index (χ4v) is 1.49. The second-order valence-electron chi connectivity index (χ2n) is 3.88. The van der Waals surface area contributed by atoms with Crippen molar-refractivity contribution in [2.45, 2.75) is 51.7 Å². The van der Waals surface area contributed by atoms with Crippen LogP contribution in [-0.2, 0) is 14.3 Å². The predicted molar refractivity (Wildman–Crippen MR) is 58.6 cm³/mol. The minimum absolute atomic E-state index is 0.273. The van der Waals surface area contributed by atoms with E-state index in [0.717, 1.165) is 19.3 Å². The molecule has 1 aliphatic heterocycles. The minimum Gasteiger partial charge on any atom is -0.462 e. The maximum Gasteiger partial charge on any atom is 0.333 e. The molecule has 1 fully saturated rings. The Hall–Kier alpha value is -0.830. The third kappa shape index (κ3) is 4.04. The van der Waals surface area contributed by atoms with Gasteiger partial charge in [0, 0.05) is 12.0 Å². The van der Waals surface area contributed by atoms with Crippen molar-refractivity contribution in [3.8, 4) is 0 Å². The van der Waals surface area contributed by atoms with E-state index >= 15 is 0 Å². The van der Waals surface area contributed by atoms with Crippen molar-refractivity contribution in [2.75, 3.05) is 6.61 Å². The van der Waals surface area contributed by atoms with Crippen LogP contribution in [0.1, 0.15) is 39.5 Å². The number of esters is 1. The highest BCUT2D eigenvalue weighted by Gasteiger charge is 2.37. The van der Waals surface area contributed by atoms with E-state index in [4.69, 9.17) is 9.47 Å². The fraction of sp³-hybridized carbons (Fsp3) is 0.750. The first kappa shape index (κ1) is 12.2. The Morgan fingerprint density at radius 1 is 1.33 bits per heavy atom. The van der Waals surface area contributed by atoms with Crippen LogP contribution in [0.4, 0.5) is 0 Å². The highest BCUT2D eigenvalue weighted by molar-refractivity contribution is 5.87. The van der Waals surface area contributed by atoms with Gasteiger partial charge in [-0.1, -0.05) is 26.8 Å². The number of hydrogen-bond acceptors (Lipinski definition) is 3. The van der Waals surface area contributed by atoms with Crippen LogP contribution in [0, 0.1) is 0 Å². The van der Waals surface area contributed by atoms with Gasteiger partial charge in [-0.3, -0.25) is 0 Å². The Labute approximate surface area is 91.4 Å². The quantitative estimate of drug-likeness (QED) is 0.369. The smallest absolute Gasteiger partial charge is 0.333 e. The van der Waals surface area contributed by atoms with Gasteiger partial charge >= 0.3 is 5.97 Å². The average molecular weight is 212 g/mol. The molecule has 0 radical (unpaired) electrons. The molecule has 1 heterocycles. The molecule has 0 aliphatic carbocycles. The van der Waals surface area contributed by atoms with E-state index in [0.29, 0.717) is 30.8 Å². The van der Waals surface area contributed by atoms with Gasteiger partial charge in [0.25, 0.3) is 0 Å². The summed E-state index contributed by atoms with van der Waals surface area (Å²) in [5, 5.41) is 0. The molecule has 3 nitrogen and oxygen atoms in total. The molecular weight excluding hydrogens is 192 g/mol. The molecular formula is C12H20O3. The summed E-state index contributed by atoms with van der Waals surface area (Å²) >= 11 is 0. The lowest BCUT2D eigenvalue weighted by Crippen LogP contribution is -2.09. The van der Waals surface area contributed by atoms with E-state index in [2.05, 4.69) is 13.5 Å². The predicted octanol–water partition coefficient (Wildman–Crippen LogP) is 2.45. The molecule has 0 aromatic rings. The summed E-state index contributed by atoms with van der Waals surface area (Å²) in [6, 6.07) is 0. The Morgan fingerprint density at radius 2 is 2.00 bits per heavy atom. The Morgan fingerprint density at radius 3 is 2.60 bits per heavy atom. The molecule has 86 valence electrons. The highest BCUT2D eigenvalue weighted by Crippen LogP contribution is 2.29. The lowest BCUT2D eigenvalue weighted by atomic mass is 10.2. The van der Waals surface area contributed by atoms with E-state index in [1.807, 2.05) is 6.92 Å². The lowest BCUT2D eigenvalue weighted by Gasteiger charge is -2.03. The van der Waals surface area contributed by atoms with Crippen LogP contribution in [0.15, 0.2) is 12.2 Å². The molecule has 0 amide bonds. The first-order valence-electron chi connectivity index (χ1n) is 5.69. The molecule has 0 spiro atoms. The Kier molecular flexibility index (Phi) is 4.82. The molecule has 15 heavy (non-hydrogen) atoms. The summed E-state index contributed by atoms with van der Waals surface area (Å²) < 4.78 is 10.5. The Balaban J connectivity index is 2.03. The van der Waals surface area contributed by atoms with E-state index in [9.17, 15) is 4.79 Å². The zero-order valence-electron chi connectivity index (χ0n) is 9.62. The zero-order chi connectivity index (χ0) is 11.3. The molecule has 2 unspecified atom stereocenters. The number of rotatable bonds is 7. The van der Waals surface area contributed by atoms with Crippen LogP contribution in [0.3, 0.4) is 0 Å². The van der Waals surface area contributed by atoms with E-state index in [-0.39, 0.29) is 5.97 Å². The van der Waals surface area contributed by atoms with Crippen LogP contribution >= 0.6 is 0 Å². The summed E-state index contributed by atoms with van der Waals surface area (Å²) in [5.74, 6) is -0.273. The molecule has 1 saturated heterocycles. The highest BCUT2D eigenvalue weighted by atomic mass is 16.6. The topological polar surface area (TPSA) is 38.8 Å². The molecule has 0 aromatic carbocycles. The molecule has 0 N–H and O–H groups in total. The van der Waals surface area contributed by atoms with Crippen LogP contribution in [0.2, 0.25) is 0 Å². The molecule has 1 aliphatic rings. The second kappa shape index (κ2) is 5.91.